The highest BCUT2D eigenvalue weighted by Gasteiger charge is 2.23. The molecule has 2 aromatic heterocycles. The van der Waals surface area contributed by atoms with Crippen molar-refractivity contribution in [3.05, 3.63) is 90.0 Å². The molecule has 7 heteroatoms. The second-order valence-corrected chi connectivity index (χ2v) is 8.21. The van der Waals surface area contributed by atoms with Gasteiger partial charge in [-0.05, 0) is 61.9 Å². The molecule has 2 heterocycles. The van der Waals surface area contributed by atoms with E-state index in [-0.39, 0.29) is 0 Å². The summed E-state index contributed by atoms with van der Waals surface area (Å²) in [6.07, 6.45) is 1.90. The standard InChI is InChI=1S/C27H31N3O4/c1-4-22(31)17-29(18-25-11-8-16-33-25)19-26-20(2)28-30(21-9-6-5-7-10-21)27(26)34-24-14-12-23(32-3)13-15-24/h5-16,22,31H,4,17-19H2,1-3H3/t22-/m0/s1. The number of hydrogen-bond donors (Lipinski definition) is 1. The van der Waals surface area contributed by atoms with Crippen LogP contribution in [0, 0.1) is 6.92 Å². The number of hydrogen-bond acceptors (Lipinski definition) is 6. The van der Waals surface area contributed by atoms with E-state index in [4.69, 9.17) is 19.0 Å². The molecule has 0 aliphatic rings. The summed E-state index contributed by atoms with van der Waals surface area (Å²) >= 11 is 0. The number of ether oxygens (including phenoxy) is 2. The fourth-order valence-electron chi connectivity index (χ4n) is 3.78. The Bertz CT molecular complexity index is 1150. The molecular weight excluding hydrogens is 430 g/mol. The summed E-state index contributed by atoms with van der Waals surface area (Å²) in [7, 11) is 1.64. The monoisotopic (exact) mass is 461 g/mol. The average Bonchev–Trinajstić information content (AvgIpc) is 3.48. The fourth-order valence-corrected chi connectivity index (χ4v) is 3.78. The molecule has 0 saturated heterocycles. The van der Waals surface area contributed by atoms with Gasteiger partial charge in [0.15, 0.2) is 0 Å². The van der Waals surface area contributed by atoms with Gasteiger partial charge in [0.25, 0.3) is 0 Å². The lowest BCUT2D eigenvalue weighted by molar-refractivity contribution is 0.0968. The molecule has 34 heavy (non-hydrogen) atoms. The summed E-state index contributed by atoms with van der Waals surface area (Å²) in [5.41, 5.74) is 2.73. The summed E-state index contributed by atoms with van der Waals surface area (Å²) in [5, 5.41) is 15.2. The van der Waals surface area contributed by atoms with Crippen LogP contribution in [0.15, 0.2) is 77.4 Å². The highest BCUT2D eigenvalue weighted by molar-refractivity contribution is 5.44. The molecule has 4 aromatic rings. The average molecular weight is 462 g/mol. The van der Waals surface area contributed by atoms with Crippen LogP contribution in [0.1, 0.15) is 30.4 Å². The molecule has 7 nitrogen and oxygen atoms in total. The first-order valence-corrected chi connectivity index (χ1v) is 11.5. The van der Waals surface area contributed by atoms with Crippen LogP contribution >= 0.6 is 0 Å². The Hall–Kier alpha value is -3.55. The molecule has 0 spiro atoms. The predicted octanol–water partition coefficient (Wildman–Crippen LogP) is 5.35. The van der Waals surface area contributed by atoms with Crippen molar-refractivity contribution in [2.24, 2.45) is 0 Å². The van der Waals surface area contributed by atoms with E-state index in [2.05, 4.69) is 4.90 Å². The summed E-state index contributed by atoms with van der Waals surface area (Å²) < 4.78 is 19.1. The number of aromatic nitrogens is 2. The Labute approximate surface area is 200 Å². The highest BCUT2D eigenvalue weighted by atomic mass is 16.5. The molecule has 0 aliphatic heterocycles. The maximum Gasteiger partial charge on any atom is 0.227 e. The van der Waals surface area contributed by atoms with E-state index in [1.807, 2.05) is 85.3 Å². The lowest BCUT2D eigenvalue weighted by atomic mass is 10.2. The number of methoxy groups -OCH3 is 1. The molecule has 0 fully saturated rings. The molecule has 0 unspecified atom stereocenters. The van der Waals surface area contributed by atoms with Crippen molar-refractivity contribution in [3.8, 4) is 23.1 Å². The predicted molar refractivity (Wildman–Crippen MR) is 130 cm³/mol. The minimum atomic E-state index is -0.439. The molecule has 1 N–H and O–H groups in total. The number of para-hydroxylation sites is 1. The van der Waals surface area contributed by atoms with Crippen molar-refractivity contribution in [3.63, 3.8) is 0 Å². The van der Waals surface area contributed by atoms with Gasteiger partial charge >= 0.3 is 0 Å². The van der Waals surface area contributed by atoms with Crippen molar-refractivity contribution in [2.45, 2.75) is 39.5 Å². The number of benzene rings is 2. The normalized spacial score (nSPS) is 12.1. The minimum absolute atomic E-state index is 0.439. The first-order valence-electron chi connectivity index (χ1n) is 11.5. The summed E-state index contributed by atoms with van der Waals surface area (Å²) in [4.78, 5) is 2.16. The molecule has 0 amide bonds. The Balaban J connectivity index is 1.71. The van der Waals surface area contributed by atoms with E-state index in [1.54, 1.807) is 13.4 Å². The van der Waals surface area contributed by atoms with Gasteiger partial charge in [0.2, 0.25) is 5.88 Å². The summed E-state index contributed by atoms with van der Waals surface area (Å²) in [6, 6.07) is 21.2. The fraction of sp³-hybridized carbons (Fsp3) is 0.296. The molecule has 2 aromatic carbocycles. The van der Waals surface area contributed by atoms with Crippen LogP contribution in [0.4, 0.5) is 0 Å². The zero-order valence-corrected chi connectivity index (χ0v) is 19.8. The topological polar surface area (TPSA) is 72.9 Å². The molecule has 0 radical (unpaired) electrons. The lowest BCUT2D eigenvalue weighted by Gasteiger charge is -2.24. The maximum atomic E-state index is 10.4. The van der Waals surface area contributed by atoms with E-state index in [1.165, 1.54) is 0 Å². The number of aliphatic hydroxyl groups excluding tert-OH is 1. The van der Waals surface area contributed by atoms with E-state index in [0.29, 0.717) is 37.7 Å². The summed E-state index contributed by atoms with van der Waals surface area (Å²) in [5.74, 6) is 2.93. The van der Waals surface area contributed by atoms with E-state index < -0.39 is 6.10 Å². The Morgan fingerprint density at radius 3 is 2.38 bits per heavy atom. The van der Waals surface area contributed by atoms with E-state index >= 15 is 0 Å². The maximum absolute atomic E-state index is 10.4. The highest BCUT2D eigenvalue weighted by Crippen LogP contribution is 2.32. The molecule has 4 rings (SSSR count). The van der Waals surface area contributed by atoms with Crippen molar-refractivity contribution < 1.29 is 19.0 Å². The van der Waals surface area contributed by atoms with Crippen LogP contribution in [0.25, 0.3) is 5.69 Å². The molecular formula is C27H31N3O4. The first kappa shape index (κ1) is 23.6. The number of furan rings is 1. The van der Waals surface area contributed by atoms with Crippen LogP contribution in [-0.4, -0.2) is 39.5 Å². The Kier molecular flexibility index (Phi) is 7.67. The second kappa shape index (κ2) is 11.0. The molecule has 1 atom stereocenters. The first-order chi connectivity index (χ1) is 16.6. The third-order valence-electron chi connectivity index (χ3n) is 5.69. The third kappa shape index (κ3) is 5.68. The lowest BCUT2D eigenvalue weighted by Crippen LogP contribution is -2.31. The van der Waals surface area contributed by atoms with Crippen LogP contribution in [0.5, 0.6) is 17.4 Å². The zero-order chi connectivity index (χ0) is 23.9. The largest absolute Gasteiger partial charge is 0.497 e. The quantitative estimate of drug-likeness (QED) is 0.325. The van der Waals surface area contributed by atoms with Crippen molar-refractivity contribution in [1.82, 2.24) is 14.7 Å². The second-order valence-electron chi connectivity index (χ2n) is 8.21. The van der Waals surface area contributed by atoms with Gasteiger partial charge in [-0.1, -0.05) is 25.1 Å². The van der Waals surface area contributed by atoms with Gasteiger partial charge in [0.05, 0.1) is 43.0 Å². The smallest absolute Gasteiger partial charge is 0.227 e. The SMILES string of the molecule is CC[C@H](O)CN(Cc1ccco1)Cc1c(C)nn(-c2ccccc2)c1Oc1ccc(OC)cc1. The van der Waals surface area contributed by atoms with Crippen LogP contribution in [0.2, 0.25) is 0 Å². The van der Waals surface area contributed by atoms with Gasteiger partial charge in [-0.3, -0.25) is 4.90 Å². The van der Waals surface area contributed by atoms with E-state index in [9.17, 15) is 5.11 Å². The molecule has 178 valence electrons. The van der Waals surface area contributed by atoms with Crippen molar-refractivity contribution in [1.29, 1.82) is 0 Å². The van der Waals surface area contributed by atoms with Gasteiger partial charge < -0.3 is 19.0 Å². The van der Waals surface area contributed by atoms with Gasteiger partial charge in [0.1, 0.15) is 17.3 Å². The van der Waals surface area contributed by atoms with Crippen molar-refractivity contribution in [2.75, 3.05) is 13.7 Å². The summed E-state index contributed by atoms with van der Waals surface area (Å²) in [6.45, 7) is 5.59. The molecule has 0 saturated carbocycles. The van der Waals surface area contributed by atoms with Crippen LogP contribution in [-0.2, 0) is 13.1 Å². The zero-order valence-electron chi connectivity index (χ0n) is 19.8. The number of aryl methyl sites for hydroxylation is 1. The molecule has 0 bridgehead atoms. The van der Waals surface area contributed by atoms with Gasteiger partial charge in [0, 0.05) is 13.1 Å². The number of rotatable bonds is 11. The minimum Gasteiger partial charge on any atom is -0.497 e. The van der Waals surface area contributed by atoms with Gasteiger partial charge in [-0.2, -0.15) is 5.10 Å². The molecule has 0 aliphatic carbocycles. The number of nitrogens with zero attached hydrogens (tertiary/aromatic N) is 3. The van der Waals surface area contributed by atoms with Crippen LogP contribution in [0.3, 0.4) is 0 Å². The Morgan fingerprint density at radius 2 is 1.74 bits per heavy atom. The van der Waals surface area contributed by atoms with Crippen LogP contribution < -0.4 is 9.47 Å². The van der Waals surface area contributed by atoms with Gasteiger partial charge in [-0.25, -0.2) is 4.68 Å². The Morgan fingerprint density at radius 1 is 1.00 bits per heavy atom. The van der Waals surface area contributed by atoms with Gasteiger partial charge in [-0.15, -0.1) is 0 Å². The number of aliphatic hydroxyl groups is 1. The third-order valence-corrected chi connectivity index (χ3v) is 5.69. The van der Waals surface area contributed by atoms with E-state index in [0.717, 1.165) is 28.5 Å². The van der Waals surface area contributed by atoms with Crippen molar-refractivity contribution >= 4 is 0 Å².